The first kappa shape index (κ1) is 18.6. The van der Waals surface area contributed by atoms with Gasteiger partial charge in [0.25, 0.3) is 0 Å². The number of anilines is 2. The van der Waals surface area contributed by atoms with Crippen LogP contribution < -0.4 is 9.80 Å². The van der Waals surface area contributed by atoms with E-state index in [1.807, 2.05) is 31.3 Å². The molecule has 8 heteroatoms. The molecule has 1 aliphatic heterocycles. The summed E-state index contributed by atoms with van der Waals surface area (Å²) in [5.74, 6) is 2.41. The first-order valence-corrected chi connectivity index (χ1v) is 10.5. The number of hydrogen-bond acceptors (Lipinski definition) is 7. The number of piperazine rings is 1. The number of rotatable bonds is 3. The van der Waals surface area contributed by atoms with Crippen molar-refractivity contribution in [2.75, 3.05) is 36.0 Å². The summed E-state index contributed by atoms with van der Waals surface area (Å²) in [6, 6.07) is 10.3. The lowest BCUT2D eigenvalue weighted by molar-refractivity contribution is 0.627. The maximum Gasteiger partial charge on any atom is 0.175 e. The van der Waals surface area contributed by atoms with Gasteiger partial charge in [0.15, 0.2) is 11.6 Å². The van der Waals surface area contributed by atoms with Crippen molar-refractivity contribution in [3.63, 3.8) is 0 Å². The topological polar surface area (TPSA) is 86.8 Å². The third-order valence-electron chi connectivity index (χ3n) is 5.90. The van der Waals surface area contributed by atoms with Gasteiger partial charge in [0, 0.05) is 38.1 Å². The van der Waals surface area contributed by atoms with Gasteiger partial charge in [0.05, 0.1) is 11.3 Å². The van der Waals surface area contributed by atoms with Crippen LogP contribution in [0.25, 0.3) is 5.82 Å². The van der Waals surface area contributed by atoms with E-state index in [-0.39, 0.29) is 0 Å². The molecule has 2 aliphatic rings. The molecule has 0 atom stereocenters. The Morgan fingerprint density at radius 2 is 1.67 bits per heavy atom. The normalized spacial score (nSPS) is 16.3. The van der Waals surface area contributed by atoms with Gasteiger partial charge >= 0.3 is 0 Å². The molecule has 0 spiro atoms. The van der Waals surface area contributed by atoms with Gasteiger partial charge in [-0.1, -0.05) is 0 Å². The SMILES string of the molecule is Cc1ccn(-c2ccc(N3CCN(c4nc5c(cc4C#N)CCCC5)CC3)nn2)n1. The van der Waals surface area contributed by atoms with Crippen LogP contribution in [0.3, 0.4) is 0 Å². The molecule has 3 aromatic heterocycles. The molecule has 3 aromatic rings. The molecule has 1 aliphatic carbocycles. The maximum absolute atomic E-state index is 9.65. The number of fused-ring (bicyclic) bond motifs is 1. The zero-order valence-electron chi connectivity index (χ0n) is 17.1. The van der Waals surface area contributed by atoms with Crippen molar-refractivity contribution in [1.82, 2.24) is 25.0 Å². The van der Waals surface area contributed by atoms with E-state index in [0.29, 0.717) is 11.4 Å². The quantitative estimate of drug-likeness (QED) is 0.667. The summed E-state index contributed by atoms with van der Waals surface area (Å²) >= 11 is 0. The van der Waals surface area contributed by atoms with E-state index in [0.717, 1.165) is 56.4 Å². The summed E-state index contributed by atoms with van der Waals surface area (Å²) in [4.78, 5) is 9.36. The smallest absolute Gasteiger partial charge is 0.175 e. The second kappa shape index (κ2) is 7.75. The van der Waals surface area contributed by atoms with Crippen LogP contribution in [0.15, 0.2) is 30.5 Å². The van der Waals surface area contributed by atoms with Crippen LogP contribution in [0.4, 0.5) is 11.6 Å². The van der Waals surface area contributed by atoms with Crippen molar-refractivity contribution in [3.8, 4) is 11.9 Å². The van der Waals surface area contributed by atoms with E-state index in [1.54, 1.807) is 4.68 Å². The highest BCUT2D eigenvalue weighted by molar-refractivity contribution is 5.57. The summed E-state index contributed by atoms with van der Waals surface area (Å²) in [7, 11) is 0. The zero-order chi connectivity index (χ0) is 20.5. The van der Waals surface area contributed by atoms with Gasteiger partial charge in [-0.2, -0.15) is 10.4 Å². The molecule has 0 aromatic carbocycles. The molecule has 0 saturated carbocycles. The molecule has 0 N–H and O–H groups in total. The van der Waals surface area contributed by atoms with Crippen molar-refractivity contribution >= 4 is 11.6 Å². The number of nitrogens with zero attached hydrogens (tertiary/aromatic N) is 8. The van der Waals surface area contributed by atoms with Gasteiger partial charge in [-0.05, 0) is 62.4 Å². The Balaban J connectivity index is 1.29. The van der Waals surface area contributed by atoms with Gasteiger partial charge in [-0.25, -0.2) is 9.67 Å². The highest BCUT2D eigenvalue weighted by Gasteiger charge is 2.24. The van der Waals surface area contributed by atoms with Crippen molar-refractivity contribution in [2.24, 2.45) is 0 Å². The third-order valence-corrected chi connectivity index (χ3v) is 5.90. The predicted octanol–water partition coefficient (Wildman–Crippen LogP) is 2.44. The van der Waals surface area contributed by atoms with E-state index in [1.165, 1.54) is 24.1 Å². The number of pyridine rings is 1. The Bertz CT molecular complexity index is 1090. The molecular weight excluding hydrogens is 376 g/mol. The Labute approximate surface area is 175 Å². The van der Waals surface area contributed by atoms with Crippen LogP contribution in [0.1, 0.15) is 35.4 Å². The minimum absolute atomic E-state index is 0.697. The first-order valence-electron chi connectivity index (χ1n) is 10.5. The van der Waals surface area contributed by atoms with Crippen molar-refractivity contribution in [1.29, 1.82) is 5.26 Å². The van der Waals surface area contributed by atoms with Crippen LogP contribution >= 0.6 is 0 Å². The van der Waals surface area contributed by atoms with E-state index in [9.17, 15) is 5.26 Å². The van der Waals surface area contributed by atoms with Crippen LogP contribution in [0, 0.1) is 18.3 Å². The monoisotopic (exact) mass is 400 g/mol. The largest absolute Gasteiger partial charge is 0.352 e. The molecule has 30 heavy (non-hydrogen) atoms. The zero-order valence-corrected chi connectivity index (χ0v) is 17.1. The lowest BCUT2D eigenvalue weighted by Crippen LogP contribution is -2.47. The lowest BCUT2D eigenvalue weighted by atomic mass is 9.95. The lowest BCUT2D eigenvalue weighted by Gasteiger charge is -2.36. The minimum Gasteiger partial charge on any atom is -0.352 e. The molecule has 0 amide bonds. The number of aromatic nitrogens is 5. The van der Waals surface area contributed by atoms with Crippen molar-refractivity contribution in [2.45, 2.75) is 32.6 Å². The van der Waals surface area contributed by atoms with E-state index < -0.39 is 0 Å². The minimum atomic E-state index is 0.697. The predicted molar refractivity (Wildman–Crippen MR) is 114 cm³/mol. The third kappa shape index (κ3) is 3.47. The van der Waals surface area contributed by atoms with Crippen LogP contribution in [0.5, 0.6) is 0 Å². The summed E-state index contributed by atoms with van der Waals surface area (Å²) in [5.41, 5.74) is 4.07. The summed E-state index contributed by atoms with van der Waals surface area (Å²) in [5, 5.41) is 22.8. The molecule has 8 nitrogen and oxygen atoms in total. The van der Waals surface area contributed by atoms with Gasteiger partial charge in [0.1, 0.15) is 11.9 Å². The van der Waals surface area contributed by atoms with Crippen LogP contribution in [-0.4, -0.2) is 51.1 Å². The maximum atomic E-state index is 9.65. The van der Waals surface area contributed by atoms with E-state index >= 15 is 0 Å². The van der Waals surface area contributed by atoms with E-state index in [2.05, 4.69) is 37.2 Å². The molecule has 0 unspecified atom stereocenters. The van der Waals surface area contributed by atoms with E-state index in [4.69, 9.17) is 4.98 Å². The summed E-state index contributed by atoms with van der Waals surface area (Å²) < 4.78 is 1.73. The first-order chi connectivity index (χ1) is 14.7. The Kier molecular flexibility index (Phi) is 4.79. The molecule has 4 heterocycles. The fourth-order valence-electron chi connectivity index (χ4n) is 4.25. The molecule has 1 fully saturated rings. The van der Waals surface area contributed by atoms with Gasteiger partial charge in [-0.3, -0.25) is 0 Å². The average Bonchev–Trinajstić information content (AvgIpc) is 3.24. The second-order valence-corrected chi connectivity index (χ2v) is 7.91. The summed E-state index contributed by atoms with van der Waals surface area (Å²) in [6.07, 6.45) is 6.32. The Morgan fingerprint density at radius 3 is 2.37 bits per heavy atom. The number of nitriles is 1. The standard InChI is InChI=1S/C22H24N8/c1-16-8-9-30(27-16)21-7-6-20(25-26-21)28-10-12-29(13-11-28)22-18(15-23)14-17-4-2-3-5-19(17)24-22/h6-9,14H,2-5,10-13H2,1H3. The average molecular weight is 400 g/mol. The Hall–Kier alpha value is -3.47. The molecule has 0 bridgehead atoms. The Morgan fingerprint density at radius 1 is 0.933 bits per heavy atom. The highest BCUT2D eigenvalue weighted by Crippen LogP contribution is 2.27. The molecule has 5 rings (SSSR count). The van der Waals surface area contributed by atoms with Crippen molar-refractivity contribution < 1.29 is 0 Å². The van der Waals surface area contributed by atoms with Crippen molar-refractivity contribution in [3.05, 3.63) is 53.0 Å². The fraction of sp³-hybridized carbons (Fsp3) is 0.409. The molecule has 0 radical (unpaired) electrons. The number of aryl methyl sites for hydroxylation is 3. The summed E-state index contributed by atoms with van der Waals surface area (Å²) in [6.45, 7) is 5.20. The highest BCUT2D eigenvalue weighted by atomic mass is 15.4. The fourth-order valence-corrected chi connectivity index (χ4v) is 4.25. The molecular formula is C22H24N8. The van der Waals surface area contributed by atoms with Gasteiger partial charge in [-0.15, -0.1) is 10.2 Å². The number of hydrogen-bond donors (Lipinski definition) is 0. The second-order valence-electron chi connectivity index (χ2n) is 7.91. The van der Waals surface area contributed by atoms with Gasteiger partial charge in [0.2, 0.25) is 0 Å². The molecule has 152 valence electrons. The van der Waals surface area contributed by atoms with Crippen LogP contribution in [-0.2, 0) is 12.8 Å². The molecule has 1 saturated heterocycles. The van der Waals surface area contributed by atoms with Gasteiger partial charge < -0.3 is 9.80 Å². The van der Waals surface area contributed by atoms with Crippen LogP contribution in [0.2, 0.25) is 0 Å².